The molecule has 2 rings (SSSR count). The van der Waals surface area contributed by atoms with E-state index in [1.54, 1.807) is 5.38 Å². The molecule has 94 valence electrons. The van der Waals surface area contributed by atoms with Crippen LogP contribution in [-0.2, 0) is 13.0 Å². The quantitative estimate of drug-likeness (QED) is 0.812. The lowest BCUT2D eigenvalue weighted by molar-refractivity contribution is 0.0976. The van der Waals surface area contributed by atoms with Crippen LogP contribution in [0.5, 0.6) is 0 Å². The van der Waals surface area contributed by atoms with Crippen LogP contribution in [0.25, 0.3) is 0 Å². The topological polar surface area (TPSA) is 56.0 Å². The number of Topliss-reactive ketones (excluding diaryl/α,β-unsaturated/α-hetero) is 1. The van der Waals surface area contributed by atoms with Crippen molar-refractivity contribution >= 4 is 17.1 Å². The number of aromatic nitrogens is 1. The standard InChI is InChI=1S/C14H16N2OS/c15-9-14-16-12(10-18-14)13(17)8-4-7-11-5-2-1-3-6-11/h1-3,5-6,10H,4,7-9,15H2. The number of ketones is 1. The molecule has 0 bridgehead atoms. The smallest absolute Gasteiger partial charge is 0.182 e. The zero-order valence-electron chi connectivity index (χ0n) is 10.1. The lowest BCUT2D eigenvalue weighted by Crippen LogP contribution is -2.02. The first-order chi connectivity index (χ1) is 8.79. The molecule has 1 aromatic heterocycles. The summed E-state index contributed by atoms with van der Waals surface area (Å²) in [4.78, 5) is 16.1. The van der Waals surface area contributed by atoms with E-state index in [1.807, 2.05) is 18.2 Å². The van der Waals surface area contributed by atoms with Gasteiger partial charge < -0.3 is 5.73 Å². The van der Waals surface area contributed by atoms with Crippen molar-refractivity contribution < 1.29 is 4.79 Å². The number of carbonyl (C=O) groups excluding carboxylic acids is 1. The summed E-state index contributed by atoms with van der Waals surface area (Å²) in [7, 11) is 0. The maximum Gasteiger partial charge on any atom is 0.182 e. The Balaban J connectivity index is 1.81. The van der Waals surface area contributed by atoms with E-state index in [1.165, 1.54) is 16.9 Å². The molecule has 0 spiro atoms. The first-order valence-electron chi connectivity index (χ1n) is 6.01. The average molecular weight is 260 g/mol. The monoisotopic (exact) mass is 260 g/mol. The second-order valence-corrected chi connectivity index (χ2v) is 5.04. The van der Waals surface area contributed by atoms with E-state index in [9.17, 15) is 4.79 Å². The number of thiazole rings is 1. The Kier molecular flexibility index (Phi) is 4.61. The van der Waals surface area contributed by atoms with Crippen LogP contribution in [0.15, 0.2) is 35.7 Å². The molecule has 0 aliphatic rings. The SMILES string of the molecule is NCc1nc(C(=O)CCCc2ccccc2)cs1. The third kappa shape index (κ3) is 3.48. The molecule has 2 aromatic rings. The summed E-state index contributed by atoms with van der Waals surface area (Å²) in [6, 6.07) is 10.2. The van der Waals surface area contributed by atoms with Gasteiger partial charge in [-0.2, -0.15) is 0 Å². The van der Waals surface area contributed by atoms with Gasteiger partial charge in [-0.15, -0.1) is 11.3 Å². The van der Waals surface area contributed by atoms with E-state index >= 15 is 0 Å². The van der Waals surface area contributed by atoms with E-state index in [4.69, 9.17) is 5.73 Å². The fraction of sp³-hybridized carbons (Fsp3) is 0.286. The number of nitrogens with zero attached hydrogens (tertiary/aromatic N) is 1. The maximum absolute atomic E-state index is 11.9. The first kappa shape index (κ1) is 12.9. The number of nitrogens with two attached hydrogens (primary N) is 1. The fourth-order valence-corrected chi connectivity index (χ4v) is 2.44. The van der Waals surface area contributed by atoms with Gasteiger partial charge in [-0.3, -0.25) is 4.79 Å². The zero-order valence-corrected chi connectivity index (χ0v) is 11.0. The van der Waals surface area contributed by atoms with Crippen molar-refractivity contribution in [2.75, 3.05) is 0 Å². The number of hydrogen-bond donors (Lipinski definition) is 1. The summed E-state index contributed by atoms with van der Waals surface area (Å²) in [5.74, 6) is 0.113. The molecular weight excluding hydrogens is 244 g/mol. The molecule has 0 aliphatic heterocycles. The van der Waals surface area contributed by atoms with Crippen molar-refractivity contribution in [3.05, 3.63) is 52.0 Å². The summed E-state index contributed by atoms with van der Waals surface area (Å²) in [5.41, 5.74) is 7.31. The number of aryl methyl sites for hydroxylation is 1. The van der Waals surface area contributed by atoms with E-state index in [0.29, 0.717) is 18.7 Å². The van der Waals surface area contributed by atoms with Gasteiger partial charge in [0.2, 0.25) is 0 Å². The van der Waals surface area contributed by atoms with Gasteiger partial charge in [0.1, 0.15) is 10.7 Å². The second-order valence-electron chi connectivity index (χ2n) is 4.09. The second kappa shape index (κ2) is 6.42. The van der Waals surface area contributed by atoms with Crippen molar-refractivity contribution in [3.63, 3.8) is 0 Å². The van der Waals surface area contributed by atoms with Crippen molar-refractivity contribution in [3.8, 4) is 0 Å². The first-order valence-corrected chi connectivity index (χ1v) is 6.89. The molecule has 0 saturated heterocycles. The molecular formula is C14H16N2OS. The van der Waals surface area contributed by atoms with Gasteiger partial charge in [-0.05, 0) is 18.4 Å². The highest BCUT2D eigenvalue weighted by Crippen LogP contribution is 2.13. The minimum Gasteiger partial charge on any atom is -0.325 e. The highest BCUT2D eigenvalue weighted by atomic mass is 32.1. The predicted molar refractivity (Wildman–Crippen MR) is 73.7 cm³/mol. The average Bonchev–Trinajstić information content (AvgIpc) is 2.89. The van der Waals surface area contributed by atoms with E-state index in [-0.39, 0.29) is 5.78 Å². The van der Waals surface area contributed by atoms with Crippen LogP contribution in [-0.4, -0.2) is 10.8 Å². The molecule has 0 saturated carbocycles. The molecule has 0 radical (unpaired) electrons. The molecule has 0 aliphatic carbocycles. The molecule has 18 heavy (non-hydrogen) atoms. The number of hydrogen-bond acceptors (Lipinski definition) is 4. The number of rotatable bonds is 6. The van der Waals surface area contributed by atoms with Crippen LogP contribution in [0.4, 0.5) is 0 Å². The molecule has 1 aromatic carbocycles. The van der Waals surface area contributed by atoms with Crippen LogP contribution < -0.4 is 5.73 Å². The van der Waals surface area contributed by atoms with Crippen molar-refractivity contribution in [2.24, 2.45) is 5.73 Å². The third-order valence-corrected chi connectivity index (χ3v) is 3.60. The Hall–Kier alpha value is -1.52. The van der Waals surface area contributed by atoms with Gasteiger partial charge in [0.25, 0.3) is 0 Å². The fourth-order valence-electron chi connectivity index (χ4n) is 1.76. The van der Waals surface area contributed by atoms with Crippen LogP contribution in [0, 0.1) is 0 Å². The summed E-state index contributed by atoms with van der Waals surface area (Å²) in [6.07, 6.45) is 2.33. The summed E-state index contributed by atoms with van der Waals surface area (Å²) in [5, 5.41) is 2.62. The minimum absolute atomic E-state index is 0.113. The summed E-state index contributed by atoms with van der Waals surface area (Å²) < 4.78 is 0. The molecule has 3 nitrogen and oxygen atoms in total. The summed E-state index contributed by atoms with van der Waals surface area (Å²) in [6.45, 7) is 0.405. The minimum atomic E-state index is 0.113. The molecule has 0 amide bonds. The van der Waals surface area contributed by atoms with Crippen molar-refractivity contribution in [1.82, 2.24) is 4.98 Å². The lowest BCUT2D eigenvalue weighted by Gasteiger charge is -1.99. The third-order valence-electron chi connectivity index (χ3n) is 2.72. The van der Waals surface area contributed by atoms with E-state index < -0.39 is 0 Å². The maximum atomic E-state index is 11.9. The van der Waals surface area contributed by atoms with Crippen molar-refractivity contribution in [2.45, 2.75) is 25.8 Å². The predicted octanol–water partition coefficient (Wildman–Crippen LogP) is 2.81. The van der Waals surface area contributed by atoms with Gasteiger partial charge in [-0.25, -0.2) is 4.98 Å². The Morgan fingerprint density at radius 1 is 1.28 bits per heavy atom. The molecule has 0 atom stereocenters. The van der Waals surface area contributed by atoms with Gasteiger partial charge in [0.05, 0.1) is 0 Å². The Morgan fingerprint density at radius 3 is 2.72 bits per heavy atom. The summed E-state index contributed by atoms with van der Waals surface area (Å²) >= 11 is 1.45. The van der Waals surface area contributed by atoms with Crippen LogP contribution in [0.3, 0.4) is 0 Å². The van der Waals surface area contributed by atoms with Crippen LogP contribution >= 0.6 is 11.3 Å². The zero-order chi connectivity index (χ0) is 12.8. The van der Waals surface area contributed by atoms with Crippen LogP contribution in [0.2, 0.25) is 0 Å². The normalized spacial score (nSPS) is 10.5. The Morgan fingerprint density at radius 2 is 2.06 bits per heavy atom. The Labute approximate surface area is 111 Å². The Bertz CT molecular complexity index is 508. The van der Waals surface area contributed by atoms with Gasteiger partial charge in [-0.1, -0.05) is 30.3 Å². The number of carbonyl (C=O) groups is 1. The highest BCUT2D eigenvalue weighted by molar-refractivity contribution is 7.09. The molecule has 0 fully saturated rings. The molecule has 1 heterocycles. The van der Waals surface area contributed by atoms with E-state index in [2.05, 4.69) is 17.1 Å². The molecule has 0 unspecified atom stereocenters. The van der Waals surface area contributed by atoms with E-state index in [0.717, 1.165) is 17.8 Å². The molecule has 2 N–H and O–H groups in total. The van der Waals surface area contributed by atoms with Crippen molar-refractivity contribution in [1.29, 1.82) is 0 Å². The van der Waals surface area contributed by atoms with Gasteiger partial charge >= 0.3 is 0 Å². The molecule has 4 heteroatoms. The largest absolute Gasteiger partial charge is 0.325 e. The lowest BCUT2D eigenvalue weighted by atomic mass is 10.1. The van der Waals surface area contributed by atoms with Crippen LogP contribution in [0.1, 0.15) is 33.9 Å². The van der Waals surface area contributed by atoms with Gasteiger partial charge in [0.15, 0.2) is 5.78 Å². The van der Waals surface area contributed by atoms with Gasteiger partial charge in [0, 0.05) is 18.3 Å². The highest BCUT2D eigenvalue weighted by Gasteiger charge is 2.09. The number of benzene rings is 1.